The van der Waals surface area contributed by atoms with Crippen LogP contribution in [0.4, 0.5) is 0 Å². The monoisotopic (exact) mass is 450 g/mol. The molecule has 2 rings (SSSR count). The third-order valence-corrected chi connectivity index (χ3v) is 7.48. The van der Waals surface area contributed by atoms with Gasteiger partial charge in [-0.05, 0) is 69.3 Å². The Morgan fingerprint density at radius 3 is 2.83 bits per heavy atom. The Hall–Kier alpha value is -1.08. The molecule has 1 heterocycles. The number of aliphatic hydroxyl groups excluding tert-OH is 2. The molecular formula is C23H32BClO4S. The molecule has 30 heavy (non-hydrogen) atoms. The number of rotatable bonds is 12. The van der Waals surface area contributed by atoms with E-state index >= 15 is 0 Å². The lowest BCUT2D eigenvalue weighted by Gasteiger charge is -2.21. The highest BCUT2D eigenvalue weighted by atomic mass is 35.5. The van der Waals surface area contributed by atoms with Crippen molar-refractivity contribution in [3.05, 3.63) is 45.1 Å². The fraction of sp³-hybridized carbons (Fsp3) is 0.609. The van der Waals surface area contributed by atoms with E-state index in [1.165, 1.54) is 4.88 Å². The lowest BCUT2D eigenvalue weighted by Crippen LogP contribution is -2.19. The van der Waals surface area contributed by atoms with Crippen molar-refractivity contribution in [2.45, 2.75) is 70.4 Å². The second kappa shape index (κ2) is 12.7. The zero-order chi connectivity index (χ0) is 22.1. The summed E-state index contributed by atoms with van der Waals surface area (Å²) in [6, 6.07) is 1.97. The van der Waals surface area contributed by atoms with Crippen LogP contribution in [0.15, 0.2) is 30.4 Å². The van der Waals surface area contributed by atoms with Crippen molar-refractivity contribution in [3.8, 4) is 0 Å². The largest absolute Gasteiger partial charge is 0.481 e. The van der Waals surface area contributed by atoms with Gasteiger partial charge in [-0.2, -0.15) is 0 Å². The maximum atomic E-state index is 10.6. The summed E-state index contributed by atoms with van der Waals surface area (Å²) < 4.78 is 0. The third-order valence-electron chi connectivity index (χ3n) is 5.87. The first-order valence-corrected chi connectivity index (χ1v) is 11.9. The van der Waals surface area contributed by atoms with Crippen LogP contribution in [-0.4, -0.2) is 41.3 Å². The molecule has 1 saturated carbocycles. The Labute approximate surface area is 190 Å². The van der Waals surface area contributed by atoms with E-state index in [9.17, 15) is 15.0 Å². The normalized spacial score (nSPS) is 25.5. The van der Waals surface area contributed by atoms with Crippen molar-refractivity contribution in [2.24, 2.45) is 17.8 Å². The van der Waals surface area contributed by atoms with Crippen LogP contribution < -0.4 is 0 Å². The summed E-state index contributed by atoms with van der Waals surface area (Å²) in [5, 5.41) is 30.4. The van der Waals surface area contributed by atoms with E-state index < -0.39 is 18.2 Å². The van der Waals surface area contributed by atoms with Gasteiger partial charge >= 0.3 is 5.97 Å². The van der Waals surface area contributed by atoms with Crippen molar-refractivity contribution in [3.63, 3.8) is 0 Å². The summed E-state index contributed by atoms with van der Waals surface area (Å²) in [6.45, 7) is 1.99. The molecule has 1 fully saturated rings. The maximum absolute atomic E-state index is 10.6. The van der Waals surface area contributed by atoms with Gasteiger partial charge in [-0.1, -0.05) is 42.2 Å². The van der Waals surface area contributed by atoms with Crippen molar-refractivity contribution in [1.82, 2.24) is 0 Å². The summed E-state index contributed by atoms with van der Waals surface area (Å²) in [5.74, 6) is -0.382. The van der Waals surface area contributed by atoms with Crippen molar-refractivity contribution in [1.29, 1.82) is 0 Å². The molecule has 0 saturated heterocycles. The van der Waals surface area contributed by atoms with Crippen LogP contribution in [0.1, 0.15) is 48.3 Å². The Bertz CT molecular complexity index is 713. The summed E-state index contributed by atoms with van der Waals surface area (Å²) in [6.07, 6.45) is 11.8. The first kappa shape index (κ1) is 25.2. The number of thiophene rings is 1. The number of carboxylic acids is 1. The van der Waals surface area contributed by atoms with E-state index in [-0.39, 0.29) is 24.2 Å². The summed E-state index contributed by atoms with van der Waals surface area (Å²) >= 11 is 7.77. The van der Waals surface area contributed by atoms with Gasteiger partial charge in [-0.3, -0.25) is 4.79 Å². The van der Waals surface area contributed by atoms with Gasteiger partial charge < -0.3 is 15.3 Å². The van der Waals surface area contributed by atoms with Crippen LogP contribution in [0.2, 0.25) is 11.3 Å². The molecule has 2 radical (unpaired) electrons. The Morgan fingerprint density at radius 2 is 2.20 bits per heavy atom. The highest BCUT2D eigenvalue weighted by molar-refractivity contribution is 7.12. The first-order valence-electron chi connectivity index (χ1n) is 10.7. The second-order valence-electron chi connectivity index (χ2n) is 8.14. The SMILES string of the molecule is [B]C[C@@H]1CC(O)[C@H](C/C=C\CCCC(=O)O)[C@H]1/C=C/[C@@H](O)CCc1cc(Cl)c(C)s1. The van der Waals surface area contributed by atoms with Crippen LogP contribution in [0.25, 0.3) is 0 Å². The van der Waals surface area contributed by atoms with E-state index in [1.54, 1.807) is 11.3 Å². The van der Waals surface area contributed by atoms with E-state index in [4.69, 9.17) is 24.6 Å². The summed E-state index contributed by atoms with van der Waals surface area (Å²) in [7, 11) is 5.94. The number of aryl methyl sites for hydroxylation is 2. The molecule has 7 heteroatoms. The lowest BCUT2D eigenvalue weighted by atomic mass is 9.80. The quantitative estimate of drug-likeness (QED) is 0.239. The van der Waals surface area contributed by atoms with Crippen molar-refractivity contribution < 1.29 is 20.1 Å². The van der Waals surface area contributed by atoms with E-state index in [0.717, 1.165) is 29.2 Å². The van der Waals surface area contributed by atoms with Crippen LogP contribution >= 0.6 is 22.9 Å². The number of aliphatic carboxylic acids is 1. The smallest absolute Gasteiger partial charge is 0.303 e. The minimum absolute atomic E-state index is 0.0662. The van der Waals surface area contributed by atoms with Gasteiger partial charge in [0.25, 0.3) is 0 Å². The van der Waals surface area contributed by atoms with Gasteiger partial charge in [-0.25, -0.2) is 0 Å². The standard InChI is InChI=1S/C23H32BClO4S/c1-15-21(25)13-18(30-15)10-8-17(26)9-11-19-16(14-24)12-22(27)20(19)6-4-2-3-5-7-23(28)29/h2,4,9,11,13,16-17,19-20,22,26-27H,3,5-8,10,12,14H2,1H3,(H,28,29)/b4-2-,11-9+/t16-,17-,19-,20+,22?/m0/s1. The van der Waals surface area contributed by atoms with Gasteiger partial charge in [0.1, 0.15) is 0 Å². The average molecular weight is 451 g/mol. The van der Waals surface area contributed by atoms with Crippen LogP contribution in [0, 0.1) is 24.7 Å². The molecule has 0 aromatic carbocycles. The second-order valence-corrected chi connectivity index (χ2v) is 9.89. The minimum atomic E-state index is -0.776. The molecule has 1 aliphatic carbocycles. The highest BCUT2D eigenvalue weighted by Crippen LogP contribution is 2.42. The zero-order valence-electron chi connectivity index (χ0n) is 17.5. The number of hydrogen-bond donors (Lipinski definition) is 3. The van der Waals surface area contributed by atoms with Crippen molar-refractivity contribution >= 4 is 36.8 Å². The molecule has 1 aromatic heterocycles. The van der Waals surface area contributed by atoms with Crippen LogP contribution in [0.5, 0.6) is 0 Å². The molecule has 0 amide bonds. The third kappa shape index (κ3) is 7.88. The number of carbonyl (C=O) groups is 1. The molecule has 164 valence electrons. The predicted molar refractivity (Wildman–Crippen MR) is 124 cm³/mol. The van der Waals surface area contributed by atoms with Gasteiger partial charge in [0, 0.05) is 16.2 Å². The summed E-state index contributed by atoms with van der Waals surface area (Å²) in [5.41, 5.74) is 0. The van der Waals surface area contributed by atoms with Gasteiger partial charge in [-0.15, -0.1) is 11.3 Å². The average Bonchev–Trinajstić information content (AvgIpc) is 3.19. The molecular weight excluding hydrogens is 419 g/mol. The highest BCUT2D eigenvalue weighted by Gasteiger charge is 2.39. The van der Waals surface area contributed by atoms with E-state index in [0.29, 0.717) is 25.6 Å². The summed E-state index contributed by atoms with van der Waals surface area (Å²) in [4.78, 5) is 12.8. The Balaban J connectivity index is 1.88. The molecule has 0 bridgehead atoms. The number of allylic oxidation sites excluding steroid dienone is 3. The fourth-order valence-electron chi connectivity index (χ4n) is 4.14. The molecule has 5 atom stereocenters. The number of carboxylic acid groups (broad SMARTS) is 1. The minimum Gasteiger partial charge on any atom is -0.481 e. The molecule has 4 nitrogen and oxygen atoms in total. The van der Waals surface area contributed by atoms with E-state index in [1.807, 2.05) is 37.3 Å². The molecule has 3 N–H and O–H groups in total. The molecule has 1 unspecified atom stereocenters. The first-order chi connectivity index (χ1) is 14.3. The Morgan fingerprint density at radius 1 is 1.43 bits per heavy atom. The van der Waals surface area contributed by atoms with E-state index in [2.05, 4.69) is 0 Å². The van der Waals surface area contributed by atoms with Crippen LogP contribution in [-0.2, 0) is 11.2 Å². The van der Waals surface area contributed by atoms with Gasteiger partial charge in [0.05, 0.1) is 25.1 Å². The van der Waals surface area contributed by atoms with Crippen molar-refractivity contribution in [2.75, 3.05) is 0 Å². The predicted octanol–water partition coefficient (Wildman–Crippen LogP) is 4.96. The van der Waals surface area contributed by atoms with Gasteiger partial charge in [0.15, 0.2) is 0 Å². The molecule has 0 spiro atoms. The topological polar surface area (TPSA) is 77.8 Å². The number of hydrogen-bond acceptors (Lipinski definition) is 4. The van der Waals surface area contributed by atoms with Crippen LogP contribution in [0.3, 0.4) is 0 Å². The zero-order valence-corrected chi connectivity index (χ0v) is 19.1. The number of aliphatic hydroxyl groups is 2. The maximum Gasteiger partial charge on any atom is 0.303 e. The molecule has 1 aliphatic rings. The number of unbranched alkanes of at least 4 members (excludes halogenated alkanes) is 1. The molecule has 1 aromatic rings. The molecule has 0 aliphatic heterocycles. The van der Waals surface area contributed by atoms with Gasteiger partial charge in [0.2, 0.25) is 0 Å². The fourth-order valence-corrected chi connectivity index (χ4v) is 5.40. The Kier molecular flexibility index (Phi) is 10.7. The lowest BCUT2D eigenvalue weighted by molar-refractivity contribution is -0.137. The number of halogens is 1.